The standard InChI is InChI=1S/C19H15NO4S/c21-20(22)19-11-4-2-7-16(19)12-13-25(23,24)14-17-9-5-8-15-6-1-3-10-18(15)17/h1-13H,14H2. The molecule has 0 heterocycles. The summed E-state index contributed by atoms with van der Waals surface area (Å²) in [6.45, 7) is 0. The molecule has 0 aliphatic rings. The highest BCUT2D eigenvalue weighted by molar-refractivity contribution is 7.93. The van der Waals surface area contributed by atoms with E-state index in [0.717, 1.165) is 16.2 Å². The first kappa shape index (κ1) is 16.9. The van der Waals surface area contributed by atoms with E-state index in [2.05, 4.69) is 0 Å². The van der Waals surface area contributed by atoms with Crippen molar-refractivity contribution < 1.29 is 13.3 Å². The van der Waals surface area contributed by atoms with Gasteiger partial charge in [-0.1, -0.05) is 54.6 Å². The molecule has 3 aromatic rings. The molecular weight excluding hydrogens is 338 g/mol. The molecule has 0 aliphatic heterocycles. The third-order valence-corrected chi connectivity index (χ3v) is 5.09. The van der Waals surface area contributed by atoms with Crippen LogP contribution in [-0.2, 0) is 15.6 Å². The number of nitrogens with zero attached hydrogens (tertiary/aromatic N) is 1. The highest BCUT2D eigenvalue weighted by Crippen LogP contribution is 2.23. The number of hydrogen-bond donors (Lipinski definition) is 0. The van der Waals surface area contributed by atoms with Gasteiger partial charge in [0.2, 0.25) is 0 Å². The number of rotatable bonds is 5. The topological polar surface area (TPSA) is 77.3 Å². The maximum atomic E-state index is 12.4. The Hall–Kier alpha value is -2.99. The van der Waals surface area contributed by atoms with Gasteiger partial charge in [-0.15, -0.1) is 0 Å². The minimum absolute atomic E-state index is 0.126. The Morgan fingerprint density at radius 1 is 0.920 bits per heavy atom. The summed E-state index contributed by atoms with van der Waals surface area (Å²) in [5.41, 5.74) is 0.832. The number of hydrogen-bond acceptors (Lipinski definition) is 4. The van der Waals surface area contributed by atoms with Crippen molar-refractivity contribution in [1.29, 1.82) is 0 Å². The van der Waals surface area contributed by atoms with Crippen LogP contribution in [0.5, 0.6) is 0 Å². The molecule has 0 aliphatic carbocycles. The van der Waals surface area contributed by atoms with Crippen LogP contribution in [0.4, 0.5) is 5.69 Å². The van der Waals surface area contributed by atoms with Crippen molar-refractivity contribution in [3.8, 4) is 0 Å². The molecule has 0 atom stereocenters. The molecule has 0 saturated heterocycles. The Balaban J connectivity index is 1.91. The van der Waals surface area contributed by atoms with Gasteiger partial charge >= 0.3 is 0 Å². The number of para-hydroxylation sites is 1. The summed E-state index contributed by atoms with van der Waals surface area (Å²) >= 11 is 0. The first-order valence-corrected chi connectivity index (χ1v) is 9.29. The maximum absolute atomic E-state index is 12.4. The van der Waals surface area contributed by atoms with Gasteiger partial charge in [0.1, 0.15) is 0 Å². The highest BCUT2D eigenvalue weighted by Gasteiger charge is 2.13. The van der Waals surface area contributed by atoms with Crippen LogP contribution in [0.1, 0.15) is 11.1 Å². The van der Waals surface area contributed by atoms with E-state index < -0.39 is 14.8 Å². The molecule has 5 nitrogen and oxygen atoms in total. The van der Waals surface area contributed by atoms with Crippen LogP contribution in [0.2, 0.25) is 0 Å². The zero-order chi connectivity index (χ0) is 17.9. The van der Waals surface area contributed by atoms with E-state index >= 15 is 0 Å². The van der Waals surface area contributed by atoms with Crippen LogP contribution in [-0.4, -0.2) is 13.3 Å². The summed E-state index contributed by atoms with van der Waals surface area (Å²) in [6.07, 6.45) is 1.28. The lowest BCUT2D eigenvalue weighted by Crippen LogP contribution is -2.01. The smallest absolute Gasteiger partial charge is 0.258 e. The molecule has 3 aromatic carbocycles. The largest absolute Gasteiger partial charge is 0.276 e. The summed E-state index contributed by atoms with van der Waals surface area (Å²) in [6, 6.07) is 19.1. The molecule has 0 saturated carbocycles. The van der Waals surface area contributed by atoms with Gasteiger partial charge in [-0.2, -0.15) is 0 Å². The second kappa shape index (κ2) is 6.86. The third kappa shape index (κ3) is 3.92. The van der Waals surface area contributed by atoms with Crippen molar-refractivity contribution >= 4 is 32.4 Å². The van der Waals surface area contributed by atoms with E-state index in [1.807, 2.05) is 36.4 Å². The Morgan fingerprint density at radius 3 is 2.40 bits per heavy atom. The molecule has 6 heteroatoms. The molecule has 0 unspecified atom stereocenters. The molecule has 0 radical (unpaired) electrons. The molecule has 0 fully saturated rings. The minimum Gasteiger partial charge on any atom is -0.258 e. The van der Waals surface area contributed by atoms with Gasteiger partial charge in [-0.25, -0.2) is 8.42 Å². The van der Waals surface area contributed by atoms with Crippen LogP contribution in [0.25, 0.3) is 16.8 Å². The summed E-state index contributed by atoms with van der Waals surface area (Å²) in [5, 5.41) is 13.9. The molecule has 0 N–H and O–H groups in total. The third-order valence-electron chi connectivity index (χ3n) is 3.83. The van der Waals surface area contributed by atoms with Gasteiger partial charge in [-0.3, -0.25) is 10.1 Å². The van der Waals surface area contributed by atoms with Gasteiger partial charge in [0, 0.05) is 11.5 Å². The quantitative estimate of drug-likeness (QED) is 0.505. The molecule has 3 rings (SSSR count). The van der Waals surface area contributed by atoms with Gasteiger partial charge < -0.3 is 0 Å². The van der Waals surface area contributed by atoms with E-state index in [-0.39, 0.29) is 17.0 Å². The van der Waals surface area contributed by atoms with Crippen LogP contribution >= 0.6 is 0 Å². The van der Waals surface area contributed by atoms with Gasteiger partial charge in [0.25, 0.3) is 5.69 Å². The number of benzene rings is 3. The van der Waals surface area contributed by atoms with Crippen molar-refractivity contribution in [2.75, 3.05) is 0 Å². The van der Waals surface area contributed by atoms with Gasteiger partial charge in [0.15, 0.2) is 9.84 Å². The number of nitro groups is 1. The van der Waals surface area contributed by atoms with Crippen molar-refractivity contribution in [3.05, 3.63) is 93.4 Å². The predicted octanol–water partition coefficient (Wildman–Crippen LogP) is 4.33. The van der Waals surface area contributed by atoms with Crippen LogP contribution < -0.4 is 0 Å². The fourth-order valence-electron chi connectivity index (χ4n) is 2.65. The Bertz CT molecular complexity index is 1070. The lowest BCUT2D eigenvalue weighted by molar-refractivity contribution is -0.385. The van der Waals surface area contributed by atoms with Crippen molar-refractivity contribution in [2.45, 2.75) is 5.75 Å². The van der Waals surface area contributed by atoms with E-state index in [0.29, 0.717) is 5.56 Å². The zero-order valence-corrected chi connectivity index (χ0v) is 14.0. The number of nitro benzene ring substituents is 1. The van der Waals surface area contributed by atoms with Crippen LogP contribution in [0.3, 0.4) is 0 Å². The maximum Gasteiger partial charge on any atom is 0.276 e. The minimum atomic E-state index is -3.57. The summed E-state index contributed by atoms with van der Waals surface area (Å²) in [5.74, 6) is -0.161. The lowest BCUT2D eigenvalue weighted by atomic mass is 10.1. The molecule has 126 valence electrons. The fourth-order valence-corrected chi connectivity index (χ4v) is 3.79. The fraction of sp³-hybridized carbons (Fsp3) is 0.0526. The van der Waals surface area contributed by atoms with E-state index in [1.54, 1.807) is 18.2 Å². The van der Waals surface area contributed by atoms with Crippen molar-refractivity contribution in [2.24, 2.45) is 0 Å². The molecule has 0 amide bonds. The van der Waals surface area contributed by atoms with Crippen molar-refractivity contribution in [1.82, 2.24) is 0 Å². The average Bonchev–Trinajstić information content (AvgIpc) is 2.60. The first-order chi connectivity index (χ1) is 12.0. The summed E-state index contributed by atoms with van der Waals surface area (Å²) in [4.78, 5) is 10.5. The first-order valence-electron chi connectivity index (χ1n) is 7.57. The lowest BCUT2D eigenvalue weighted by Gasteiger charge is -2.05. The summed E-state index contributed by atoms with van der Waals surface area (Å²) < 4.78 is 24.9. The molecule has 0 aromatic heterocycles. The molecule has 0 spiro atoms. The molecule has 25 heavy (non-hydrogen) atoms. The Kier molecular flexibility index (Phi) is 4.63. The molecular formula is C19H15NO4S. The van der Waals surface area contributed by atoms with Crippen LogP contribution in [0.15, 0.2) is 72.1 Å². The van der Waals surface area contributed by atoms with Crippen LogP contribution in [0, 0.1) is 10.1 Å². The Labute approximate surface area is 145 Å². The van der Waals surface area contributed by atoms with Gasteiger partial charge in [-0.05, 0) is 28.5 Å². The monoisotopic (exact) mass is 353 g/mol. The van der Waals surface area contributed by atoms with E-state index in [1.165, 1.54) is 18.2 Å². The number of fused-ring (bicyclic) bond motifs is 1. The predicted molar refractivity (Wildman–Crippen MR) is 98.7 cm³/mol. The summed E-state index contributed by atoms with van der Waals surface area (Å²) in [7, 11) is -3.57. The average molecular weight is 353 g/mol. The molecule has 0 bridgehead atoms. The second-order valence-corrected chi connectivity index (χ2v) is 7.45. The Morgan fingerprint density at radius 2 is 1.60 bits per heavy atom. The highest BCUT2D eigenvalue weighted by atomic mass is 32.2. The SMILES string of the molecule is O=[N+]([O-])c1ccccc1C=CS(=O)(=O)Cc1cccc2ccccc12. The number of sulfone groups is 1. The van der Waals surface area contributed by atoms with Gasteiger partial charge in [0.05, 0.1) is 16.2 Å². The van der Waals surface area contributed by atoms with Crippen molar-refractivity contribution in [3.63, 3.8) is 0 Å². The normalized spacial score (nSPS) is 11.8. The second-order valence-electron chi connectivity index (χ2n) is 5.56. The van der Waals surface area contributed by atoms with E-state index in [9.17, 15) is 18.5 Å². The zero-order valence-electron chi connectivity index (χ0n) is 13.2. The van der Waals surface area contributed by atoms with E-state index in [4.69, 9.17) is 0 Å².